The van der Waals surface area contributed by atoms with Gasteiger partial charge in [0, 0.05) is 18.5 Å². The summed E-state index contributed by atoms with van der Waals surface area (Å²) in [7, 11) is 5.53. The van der Waals surface area contributed by atoms with Crippen molar-refractivity contribution in [1.82, 2.24) is 4.90 Å². The number of benzene rings is 1. The largest absolute Gasteiger partial charge is 0.497 e. The zero-order valence-electron chi connectivity index (χ0n) is 14.0. The maximum Gasteiger partial charge on any atom is 0.328 e. The molecule has 0 radical (unpaired) electrons. The first kappa shape index (κ1) is 17.5. The number of carbonyl (C=O) groups is 1. The van der Waals surface area contributed by atoms with Crippen LogP contribution in [0.25, 0.3) is 0 Å². The first-order valence-electron chi connectivity index (χ1n) is 7.79. The van der Waals surface area contributed by atoms with Gasteiger partial charge >= 0.3 is 5.97 Å². The number of allylic oxidation sites excluding steroid dienone is 1. The van der Waals surface area contributed by atoms with Gasteiger partial charge in [0.1, 0.15) is 5.75 Å². The second-order valence-electron chi connectivity index (χ2n) is 6.46. The molecule has 2 unspecified atom stereocenters. The molecular formula is C18H25NO4. The fraction of sp³-hybridized carbons (Fsp3) is 0.500. The summed E-state index contributed by atoms with van der Waals surface area (Å²) < 4.78 is 5.27. The van der Waals surface area contributed by atoms with Crippen molar-refractivity contribution in [2.45, 2.75) is 24.9 Å². The summed E-state index contributed by atoms with van der Waals surface area (Å²) in [5, 5.41) is 20.3. The molecule has 1 aromatic rings. The van der Waals surface area contributed by atoms with Crippen molar-refractivity contribution in [2.75, 3.05) is 27.7 Å². The van der Waals surface area contributed by atoms with Gasteiger partial charge in [0.05, 0.1) is 12.7 Å². The van der Waals surface area contributed by atoms with Crippen LogP contribution in [0.15, 0.2) is 35.9 Å². The fourth-order valence-electron chi connectivity index (χ4n) is 3.38. The Labute approximate surface area is 137 Å². The van der Waals surface area contributed by atoms with E-state index in [0.29, 0.717) is 31.6 Å². The van der Waals surface area contributed by atoms with Crippen LogP contribution in [0.4, 0.5) is 0 Å². The second-order valence-corrected chi connectivity index (χ2v) is 6.46. The van der Waals surface area contributed by atoms with Crippen molar-refractivity contribution in [1.29, 1.82) is 0 Å². The van der Waals surface area contributed by atoms with Gasteiger partial charge in [-0.2, -0.15) is 0 Å². The maximum atomic E-state index is 11.4. The zero-order chi connectivity index (χ0) is 17.0. The predicted molar refractivity (Wildman–Crippen MR) is 88.5 cm³/mol. The van der Waals surface area contributed by atoms with Gasteiger partial charge in [-0.1, -0.05) is 17.7 Å². The van der Waals surface area contributed by atoms with Crippen LogP contribution >= 0.6 is 0 Å². The lowest BCUT2D eigenvalue weighted by molar-refractivity contribution is -0.131. The molecule has 1 saturated carbocycles. The number of aliphatic hydroxyl groups is 1. The minimum Gasteiger partial charge on any atom is -0.497 e. The highest BCUT2D eigenvalue weighted by Gasteiger charge is 2.42. The third-order valence-corrected chi connectivity index (χ3v) is 4.49. The van der Waals surface area contributed by atoms with Gasteiger partial charge in [-0.25, -0.2) is 4.79 Å². The van der Waals surface area contributed by atoms with E-state index in [1.807, 2.05) is 43.3 Å². The lowest BCUT2D eigenvalue weighted by Crippen LogP contribution is -2.43. The first-order valence-corrected chi connectivity index (χ1v) is 7.79. The van der Waals surface area contributed by atoms with Crippen LogP contribution in [0.3, 0.4) is 0 Å². The Balaban J connectivity index is 2.35. The lowest BCUT2D eigenvalue weighted by Gasteiger charge is -2.42. The number of ether oxygens (including phenoxy) is 1. The summed E-state index contributed by atoms with van der Waals surface area (Å²) >= 11 is 0. The second kappa shape index (κ2) is 7.15. The Morgan fingerprint density at radius 1 is 1.48 bits per heavy atom. The first-order chi connectivity index (χ1) is 10.8. The van der Waals surface area contributed by atoms with Crippen molar-refractivity contribution in [3.05, 3.63) is 41.5 Å². The normalized spacial score (nSPS) is 26.5. The van der Waals surface area contributed by atoms with E-state index in [2.05, 4.69) is 0 Å². The van der Waals surface area contributed by atoms with Crippen LogP contribution in [0.2, 0.25) is 0 Å². The Hall–Kier alpha value is -1.85. The summed E-state index contributed by atoms with van der Waals surface area (Å²) in [6, 6.07) is 7.51. The third-order valence-electron chi connectivity index (χ3n) is 4.49. The summed E-state index contributed by atoms with van der Waals surface area (Å²) in [6.45, 7) is 0.685. The van der Waals surface area contributed by atoms with Crippen molar-refractivity contribution in [2.24, 2.45) is 5.92 Å². The molecule has 1 aliphatic rings. The van der Waals surface area contributed by atoms with Crippen molar-refractivity contribution < 1.29 is 19.7 Å². The molecule has 1 aliphatic carbocycles. The number of carboxylic acids is 1. The van der Waals surface area contributed by atoms with E-state index < -0.39 is 11.6 Å². The molecule has 2 atom stereocenters. The highest BCUT2D eigenvalue weighted by atomic mass is 16.5. The van der Waals surface area contributed by atoms with Gasteiger partial charge in [-0.05, 0) is 51.1 Å². The molecular weight excluding hydrogens is 294 g/mol. The number of carboxylic acid groups (broad SMARTS) is 1. The molecule has 23 heavy (non-hydrogen) atoms. The highest BCUT2D eigenvalue weighted by molar-refractivity contribution is 5.80. The summed E-state index contributed by atoms with van der Waals surface area (Å²) in [6.07, 6.45) is 2.97. The van der Waals surface area contributed by atoms with Crippen molar-refractivity contribution >= 4 is 5.97 Å². The summed E-state index contributed by atoms with van der Waals surface area (Å²) in [4.78, 5) is 13.0. The monoisotopic (exact) mass is 319 g/mol. The van der Waals surface area contributed by atoms with E-state index in [9.17, 15) is 9.90 Å². The van der Waals surface area contributed by atoms with Gasteiger partial charge in [0.2, 0.25) is 0 Å². The number of rotatable bonds is 5. The van der Waals surface area contributed by atoms with Gasteiger partial charge in [0.25, 0.3) is 0 Å². The SMILES string of the molecule is COc1cccc(C2(O)CCC(=CC(=O)O)CC2CN(C)C)c1. The topological polar surface area (TPSA) is 70.0 Å². The molecule has 1 aromatic carbocycles. The Morgan fingerprint density at radius 3 is 2.83 bits per heavy atom. The summed E-state index contributed by atoms with van der Waals surface area (Å²) in [5.41, 5.74) is 0.740. The molecule has 0 aliphatic heterocycles. The predicted octanol–water partition coefficient (Wildman–Crippen LogP) is 2.26. The highest BCUT2D eigenvalue weighted by Crippen LogP contribution is 2.44. The van der Waals surface area contributed by atoms with Crippen molar-refractivity contribution in [3.8, 4) is 5.75 Å². The molecule has 2 rings (SSSR count). The molecule has 0 amide bonds. The molecule has 0 bridgehead atoms. The van der Waals surface area contributed by atoms with Gasteiger partial charge in [-0.15, -0.1) is 0 Å². The number of hydrogen-bond acceptors (Lipinski definition) is 4. The van der Waals surface area contributed by atoms with E-state index >= 15 is 0 Å². The molecule has 2 N–H and O–H groups in total. The zero-order valence-corrected chi connectivity index (χ0v) is 14.0. The quantitative estimate of drug-likeness (QED) is 0.815. The lowest BCUT2D eigenvalue weighted by atomic mass is 9.69. The van der Waals surface area contributed by atoms with Crippen LogP contribution in [0.5, 0.6) is 5.75 Å². The molecule has 5 heteroatoms. The minimum absolute atomic E-state index is 0.0658. The van der Waals surface area contributed by atoms with Crippen LogP contribution < -0.4 is 4.74 Å². The van der Waals surface area contributed by atoms with Gasteiger partial charge in [0.15, 0.2) is 0 Å². The number of methoxy groups -OCH3 is 1. The van der Waals surface area contributed by atoms with Gasteiger partial charge < -0.3 is 19.8 Å². The molecule has 0 aromatic heterocycles. The Morgan fingerprint density at radius 2 is 2.22 bits per heavy atom. The minimum atomic E-state index is -0.978. The van der Waals surface area contributed by atoms with Crippen LogP contribution in [-0.4, -0.2) is 48.8 Å². The van der Waals surface area contributed by atoms with E-state index in [0.717, 1.165) is 11.1 Å². The fourth-order valence-corrected chi connectivity index (χ4v) is 3.38. The van der Waals surface area contributed by atoms with E-state index in [1.165, 1.54) is 6.08 Å². The van der Waals surface area contributed by atoms with E-state index in [4.69, 9.17) is 9.84 Å². The van der Waals surface area contributed by atoms with Crippen molar-refractivity contribution in [3.63, 3.8) is 0 Å². The molecule has 5 nitrogen and oxygen atoms in total. The van der Waals surface area contributed by atoms with Crippen LogP contribution in [0.1, 0.15) is 24.8 Å². The Kier molecular flexibility index (Phi) is 5.44. The van der Waals surface area contributed by atoms with E-state index in [-0.39, 0.29) is 5.92 Å². The molecule has 1 fully saturated rings. The van der Waals surface area contributed by atoms with Gasteiger partial charge in [-0.3, -0.25) is 0 Å². The smallest absolute Gasteiger partial charge is 0.328 e. The number of nitrogens with zero attached hydrogens (tertiary/aromatic N) is 1. The maximum absolute atomic E-state index is 11.4. The number of hydrogen-bond donors (Lipinski definition) is 2. The molecule has 0 heterocycles. The van der Waals surface area contributed by atoms with Crippen LogP contribution in [-0.2, 0) is 10.4 Å². The standard InChI is InChI=1S/C18H25NO4/c1-19(2)12-15-9-13(10-17(20)21)7-8-18(15,22)14-5-4-6-16(11-14)23-3/h4-6,10-11,15,22H,7-9,12H2,1-3H3,(H,20,21). The Bertz CT molecular complexity index is 596. The van der Waals surface area contributed by atoms with E-state index in [1.54, 1.807) is 7.11 Å². The molecule has 126 valence electrons. The molecule has 0 saturated heterocycles. The average Bonchev–Trinajstić information content (AvgIpc) is 2.50. The number of aliphatic carboxylic acids is 1. The van der Waals surface area contributed by atoms with Crippen LogP contribution in [0, 0.1) is 5.92 Å². The average molecular weight is 319 g/mol. The summed E-state index contributed by atoms with van der Waals surface area (Å²) in [5.74, 6) is -0.272. The third kappa shape index (κ3) is 4.12. The molecule has 0 spiro atoms.